The van der Waals surface area contributed by atoms with Crippen LogP contribution in [0.3, 0.4) is 0 Å². The van der Waals surface area contributed by atoms with Crippen LogP contribution in [0.2, 0.25) is 0 Å². The number of ether oxygens (including phenoxy) is 3. The summed E-state index contributed by atoms with van der Waals surface area (Å²) in [5, 5.41) is 0. The first-order valence-electron chi connectivity index (χ1n) is 13.0. The number of hydrogen-bond acceptors (Lipinski definition) is 7. The number of aromatic nitrogens is 1. The third-order valence-electron chi connectivity index (χ3n) is 6.73. The van der Waals surface area contributed by atoms with E-state index < -0.39 is 12.0 Å². The molecule has 2 aromatic carbocycles. The Morgan fingerprint density at radius 1 is 1.18 bits per heavy atom. The summed E-state index contributed by atoms with van der Waals surface area (Å²) >= 11 is 5.00. The number of nitrogens with zero attached hydrogens (tertiary/aromatic N) is 2. The first-order chi connectivity index (χ1) is 19.4. The van der Waals surface area contributed by atoms with Gasteiger partial charge in [-0.2, -0.15) is 0 Å². The SMILES string of the molecule is CCOC(=O)C1=C(C)N=c2s/c(=C\[C@@H]3C=CC(OCc4ccccc4)=C(Br)C3)c(=O)n2[C@H]1c1ccc(OC)cc1. The van der Waals surface area contributed by atoms with Crippen molar-refractivity contribution in [3.8, 4) is 5.75 Å². The quantitative estimate of drug-likeness (QED) is 0.325. The molecule has 0 spiro atoms. The molecule has 0 fully saturated rings. The Hall–Kier alpha value is -3.69. The number of thiazole rings is 1. The molecule has 0 N–H and O–H groups in total. The van der Waals surface area contributed by atoms with Crippen LogP contribution in [-0.4, -0.2) is 24.3 Å². The predicted octanol–water partition coefficient (Wildman–Crippen LogP) is 5.16. The van der Waals surface area contributed by atoms with Crippen LogP contribution in [0.25, 0.3) is 6.08 Å². The van der Waals surface area contributed by atoms with Crippen LogP contribution in [0.1, 0.15) is 37.4 Å². The minimum absolute atomic E-state index is 0.00938. The predicted molar refractivity (Wildman–Crippen MR) is 159 cm³/mol. The molecule has 0 saturated heterocycles. The molecule has 0 saturated carbocycles. The maximum Gasteiger partial charge on any atom is 0.338 e. The number of allylic oxidation sites excluding steroid dienone is 4. The first-order valence-corrected chi connectivity index (χ1v) is 14.6. The molecule has 2 atom stereocenters. The van der Waals surface area contributed by atoms with Crippen molar-refractivity contribution >= 4 is 39.3 Å². The first kappa shape index (κ1) is 27.9. The second-order valence-electron chi connectivity index (χ2n) is 9.37. The molecule has 0 amide bonds. The van der Waals surface area contributed by atoms with E-state index in [-0.39, 0.29) is 18.1 Å². The van der Waals surface area contributed by atoms with Crippen molar-refractivity contribution in [3.05, 3.63) is 119 Å². The van der Waals surface area contributed by atoms with Gasteiger partial charge in [-0.15, -0.1) is 0 Å². The van der Waals surface area contributed by atoms with Gasteiger partial charge in [-0.05, 0) is 49.6 Å². The molecule has 5 rings (SSSR count). The lowest BCUT2D eigenvalue weighted by Crippen LogP contribution is -2.40. The number of esters is 1. The third kappa shape index (κ3) is 5.76. The second kappa shape index (κ2) is 12.2. The van der Waals surface area contributed by atoms with Gasteiger partial charge in [0.25, 0.3) is 5.56 Å². The summed E-state index contributed by atoms with van der Waals surface area (Å²) in [5.41, 5.74) is 2.56. The molecule has 0 bridgehead atoms. The highest BCUT2D eigenvalue weighted by Gasteiger charge is 2.33. The number of rotatable bonds is 8. The van der Waals surface area contributed by atoms with Crippen LogP contribution in [0, 0.1) is 5.92 Å². The summed E-state index contributed by atoms with van der Waals surface area (Å²) < 4.78 is 19.8. The Morgan fingerprint density at radius 3 is 2.60 bits per heavy atom. The van der Waals surface area contributed by atoms with Gasteiger partial charge in [-0.1, -0.05) is 81.9 Å². The molecule has 9 heteroatoms. The van der Waals surface area contributed by atoms with E-state index in [4.69, 9.17) is 14.2 Å². The summed E-state index contributed by atoms with van der Waals surface area (Å²) in [5.74, 6) is 0.976. The smallest absolute Gasteiger partial charge is 0.338 e. The van der Waals surface area contributed by atoms with Crippen LogP contribution < -0.4 is 19.6 Å². The maximum absolute atomic E-state index is 13.8. The van der Waals surface area contributed by atoms with Gasteiger partial charge in [0.05, 0.1) is 35.6 Å². The zero-order valence-corrected chi connectivity index (χ0v) is 24.8. The Balaban J connectivity index is 1.47. The van der Waals surface area contributed by atoms with Gasteiger partial charge in [0.1, 0.15) is 18.1 Å². The zero-order valence-electron chi connectivity index (χ0n) is 22.4. The van der Waals surface area contributed by atoms with E-state index in [0.717, 1.165) is 21.4 Å². The molecule has 1 aromatic heterocycles. The fraction of sp³-hybridized carbons (Fsp3) is 0.258. The largest absolute Gasteiger partial charge is 0.497 e. The minimum atomic E-state index is -0.658. The number of carbonyl (C=O) groups excluding carboxylic acids is 1. The Labute approximate surface area is 244 Å². The molecule has 7 nitrogen and oxygen atoms in total. The van der Waals surface area contributed by atoms with Gasteiger partial charge in [0, 0.05) is 10.4 Å². The van der Waals surface area contributed by atoms with Crippen molar-refractivity contribution in [2.75, 3.05) is 13.7 Å². The average Bonchev–Trinajstić information content (AvgIpc) is 3.26. The van der Waals surface area contributed by atoms with Crippen molar-refractivity contribution in [3.63, 3.8) is 0 Å². The van der Waals surface area contributed by atoms with Gasteiger partial charge in [0.15, 0.2) is 4.80 Å². The molecule has 3 aromatic rings. The van der Waals surface area contributed by atoms with Crippen molar-refractivity contribution < 1.29 is 19.0 Å². The van der Waals surface area contributed by atoms with Gasteiger partial charge in [-0.25, -0.2) is 9.79 Å². The molecular weight excluding hydrogens is 592 g/mol. The van der Waals surface area contributed by atoms with Crippen LogP contribution in [0.15, 0.2) is 98.0 Å². The normalized spacial score (nSPS) is 18.9. The molecule has 206 valence electrons. The van der Waals surface area contributed by atoms with Gasteiger partial charge >= 0.3 is 5.97 Å². The summed E-state index contributed by atoms with van der Waals surface area (Å²) in [6.45, 7) is 4.24. The average molecular weight is 622 g/mol. The lowest BCUT2D eigenvalue weighted by molar-refractivity contribution is -0.139. The van der Waals surface area contributed by atoms with E-state index >= 15 is 0 Å². The van der Waals surface area contributed by atoms with Crippen LogP contribution >= 0.6 is 27.3 Å². The van der Waals surface area contributed by atoms with Crippen LogP contribution in [0.5, 0.6) is 5.75 Å². The third-order valence-corrected chi connectivity index (χ3v) is 8.44. The maximum atomic E-state index is 13.8. The van der Waals surface area contributed by atoms with E-state index in [2.05, 4.69) is 20.9 Å². The van der Waals surface area contributed by atoms with E-state index in [1.165, 1.54) is 11.3 Å². The Bertz CT molecular complexity index is 1680. The molecule has 0 unspecified atom stereocenters. The highest BCUT2D eigenvalue weighted by atomic mass is 79.9. The number of halogens is 1. The lowest BCUT2D eigenvalue weighted by Gasteiger charge is -2.24. The fourth-order valence-electron chi connectivity index (χ4n) is 4.75. The molecule has 1 aliphatic heterocycles. The molecule has 2 heterocycles. The summed E-state index contributed by atoms with van der Waals surface area (Å²) in [7, 11) is 1.60. The molecule has 2 aliphatic rings. The number of fused-ring (bicyclic) bond motifs is 1. The van der Waals surface area contributed by atoms with E-state index in [9.17, 15) is 9.59 Å². The van der Waals surface area contributed by atoms with Crippen LogP contribution in [0.4, 0.5) is 0 Å². The highest BCUT2D eigenvalue weighted by molar-refractivity contribution is 9.11. The molecule has 1 aliphatic carbocycles. The summed E-state index contributed by atoms with van der Waals surface area (Å²) in [6, 6.07) is 16.7. The number of hydrogen-bond donors (Lipinski definition) is 0. The van der Waals surface area contributed by atoms with Gasteiger partial charge < -0.3 is 14.2 Å². The highest BCUT2D eigenvalue weighted by Crippen LogP contribution is 2.32. The Kier molecular flexibility index (Phi) is 8.52. The van der Waals surface area contributed by atoms with Crippen molar-refractivity contribution in [2.24, 2.45) is 10.9 Å². The molecular formula is C31H29BrN2O5S. The number of carbonyl (C=O) groups is 1. The van der Waals surface area contributed by atoms with Crippen molar-refractivity contribution in [1.82, 2.24) is 4.57 Å². The summed E-state index contributed by atoms with van der Waals surface area (Å²) in [6.07, 6.45) is 6.61. The van der Waals surface area contributed by atoms with Crippen LogP contribution in [-0.2, 0) is 20.9 Å². The minimum Gasteiger partial charge on any atom is -0.497 e. The van der Waals surface area contributed by atoms with E-state index in [0.29, 0.717) is 39.4 Å². The molecule has 0 radical (unpaired) electrons. The lowest BCUT2D eigenvalue weighted by atomic mass is 9.96. The van der Waals surface area contributed by atoms with E-state index in [1.54, 1.807) is 25.5 Å². The number of benzene rings is 2. The van der Waals surface area contributed by atoms with E-state index in [1.807, 2.05) is 72.8 Å². The van der Waals surface area contributed by atoms with Crippen molar-refractivity contribution in [1.29, 1.82) is 0 Å². The second-order valence-corrected chi connectivity index (χ2v) is 11.3. The monoisotopic (exact) mass is 620 g/mol. The molecule has 40 heavy (non-hydrogen) atoms. The summed E-state index contributed by atoms with van der Waals surface area (Å²) in [4.78, 5) is 32.1. The van der Waals surface area contributed by atoms with Crippen molar-refractivity contribution in [2.45, 2.75) is 32.9 Å². The fourth-order valence-corrected chi connectivity index (χ4v) is 6.47. The van der Waals surface area contributed by atoms with Gasteiger partial charge in [-0.3, -0.25) is 9.36 Å². The van der Waals surface area contributed by atoms with Gasteiger partial charge in [0.2, 0.25) is 0 Å². The zero-order chi connectivity index (χ0) is 28.2. The topological polar surface area (TPSA) is 79.1 Å². The standard InChI is InChI=1S/C31H29BrN2O5S/c1-4-38-30(36)27-19(2)33-31-34(28(27)22-11-13-23(37-3)14-12-22)29(35)26(40-31)17-21-10-15-25(24(32)16-21)39-18-20-8-6-5-7-9-20/h5-15,17,21,28H,4,16,18H2,1-3H3/b26-17-/t21-,28+/m1/s1. The Morgan fingerprint density at radius 2 is 1.93 bits per heavy atom. The number of methoxy groups -OCH3 is 1.